The van der Waals surface area contributed by atoms with Gasteiger partial charge in [0.1, 0.15) is 5.82 Å². The molecule has 5 rings (SSSR count). The Labute approximate surface area is 162 Å². The molecule has 8 heteroatoms. The minimum atomic E-state index is -0.139. The van der Waals surface area contributed by atoms with Crippen LogP contribution in [0.2, 0.25) is 0 Å². The predicted molar refractivity (Wildman–Crippen MR) is 105 cm³/mol. The van der Waals surface area contributed by atoms with E-state index in [1.807, 2.05) is 31.6 Å². The van der Waals surface area contributed by atoms with E-state index in [0.29, 0.717) is 6.42 Å². The number of fused-ring (bicyclic) bond motifs is 1. The number of carbonyl (C=O) groups excluding carboxylic acids is 1. The van der Waals surface area contributed by atoms with Gasteiger partial charge >= 0.3 is 0 Å². The van der Waals surface area contributed by atoms with E-state index < -0.39 is 0 Å². The van der Waals surface area contributed by atoms with Crippen LogP contribution in [0.15, 0.2) is 36.9 Å². The van der Waals surface area contributed by atoms with Crippen molar-refractivity contribution in [3.05, 3.63) is 48.0 Å². The SMILES string of the molecule is Cn1nc(-c2cccnc2)c2c1NC(=O)CC2c1cnc(N2CCCC2)nc1. The van der Waals surface area contributed by atoms with Crippen LogP contribution in [0.3, 0.4) is 0 Å². The summed E-state index contributed by atoms with van der Waals surface area (Å²) in [6.07, 6.45) is 9.95. The predicted octanol–water partition coefficient (Wildman–Crippen LogP) is 2.35. The Hall–Kier alpha value is -3.29. The summed E-state index contributed by atoms with van der Waals surface area (Å²) in [5.74, 6) is 1.33. The van der Waals surface area contributed by atoms with Gasteiger partial charge in [0, 0.05) is 68.4 Å². The van der Waals surface area contributed by atoms with Crippen molar-refractivity contribution in [2.24, 2.45) is 7.05 Å². The van der Waals surface area contributed by atoms with E-state index in [0.717, 1.165) is 47.2 Å². The second kappa shape index (κ2) is 6.70. The third-order valence-corrected chi connectivity index (χ3v) is 5.46. The Bertz CT molecular complexity index is 1010. The van der Waals surface area contributed by atoms with Gasteiger partial charge in [0.25, 0.3) is 0 Å². The summed E-state index contributed by atoms with van der Waals surface area (Å²) in [5.41, 5.74) is 3.68. The molecule has 8 nitrogen and oxygen atoms in total. The molecule has 0 bridgehead atoms. The van der Waals surface area contributed by atoms with Crippen molar-refractivity contribution < 1.29 is 4.79 Å². The Morgan fingerprint density at radius 3 is 2.64 bits per heavy atom. The van der Waals surface area contributed by atoms with E-state index in [-0.39, 0.29) is 11.8 Å². The number of nitrogens with zero attached hydrogens (tertiary/aromatic N) is 6. The zero-order valence-corrected chi connectivity index (χ0v) is 15.7. The Balaban J connectivity index is 1.57. The Morgan fingerprint density at radius 2 is 1.93 bits per heavy atom. The minimum Gasteiger partial charge on any atom is -0.341 e. The van der Waals surface area contributed by atoms with Crippen LogP contribution in [-0.2, 0) is 11.8 Å². The first-order valence-corrected chi connectivity index (χ1v) is 9.55. The van der Waals surface area contributed by atoms with Gasteiger partial charge in [-0.2, -0.15) is 5.10 Å². The zero-order chi connectivity index (χ0) is 19.1. The number of hydrogen-bond donors (Lipinski definition) is 1. The Morgan fingerprint density at radius 1 is 1.14 bits per heavy atom. The average Bonchev–Trinajstić information content (AvgIpc) is 3.37. The summed E-state index contributed by atoms with van der Waals surface area (Å²) in [6, 6.07) is 3.87. The average molecular weight is 375 g/mol. The van der Waals surface area contributed by atoms with E-state index in [2.05, 4.69) is 30.3 Å². The lowest BCUT2D eigenvalue weighted by molar-refractivity contribution is -0.116. The first-order valence-electron chi connectivity index (χ1n) is 9.55. The molecule has 142 valence electrons. The second-order valence-electron chi connectivity index (χ2n) is 7.29. The molecule has 5 heterocycles. The topological polar surface area (TPSA) is 88.8 Å². The van der Waals surface area contributed by atoms with Crippen LogP contribution < -0.4 is 10.2 Å². The molecule has 28 heavy (non-hydrogen) atoms. The van der Waals surface area contributed by atoms with Gasteiger partial charge < -0.3 is 10.2 Å². The molecule has 1 saturated heterocycles. The number of hydrogen-bond acceptors (Lipinski definition) is 6. The molecule has 2 aliphatic heterocycles. The first kappa shape index (κ1) is 16.9. The van der Waals surface area contributed by atoms with E-state index in [1.54, 1.807) is 17.1 Å². The Kier molecular flexibility index (Phi) is 4.03. The smallest absolute Gasteiger partial charge is 0.226 e. The van der Waals surface area contributed by atoms with E-state index in [4.69, 9.17) is 0 Å². The van der Waals surface area contributed by atoms with Gasteiger partial charge in [-0.05, 0) is 30.5 Å². The van der Waals surface area contributed by atoms with Gasteiger partial charge in [-0.3, -0.25) is 14.5 Å². The molecule has 0 radical (unpaired) electrons. The first-order chi connectivity index (χ1) is 13.7. The zero-order valence-electron chi connectivity index (χ0n) is 15.7. The maximum Gasteiger partial charge on any atom is 0.226 e. The molecule has 0 saturated carbocycles. The lowest BCUT2D eigenvalue weighted by Gasteiger charge is -2.24. The molecule has 1 amide bonds. The number of aromatic nitrogens is 5. The van der Waals surface area contributed by atoms with Crippen LogP contribution in [0.5, 0.6) is 0 Å². The van der Waals surface area contributed by atoms with Crippen molar-refractivity contribution in [2.45, 2.75) is 25.2 Å². The van der Waals surface area contributed by atoms with Gasteiger partial charge in [0.2, 0.25) is 11.9 Å². The van der Waals surface area contributed by atoms with Crippen molar-refractivity contribution in [3.8, 4) is 11.3 Å². The van der Waals surface area contributed by atoms with Gasteiger partial charge in [-0.15, -0.1) is 0 Å². The highest BCUT2D eigenvalue weighted by Gasteiger charge is 2.33. The third-order valence-electron chi connectivity index (χ3n) is 5.46. The summed E-state index contributed by atoms with van der Waals surface area (Å²) in [5, 5.41) is 7.63. The number of anilines is 2. The molecule has 0 spiro atoms. The maximum atomic E-state index is 12.4. The number of nitrogens with one attached hydrogen (secondary N) is 1. The van der Waals surface area contributed by atoms with Crippen molar-refractivity contribution >= 4 is 17.7 Å². The van der Waals surface area contributed by atoms with Gasteiger partial charge in [-0.1, -0.05) is 0 Å². The van der Waals surface area contributed by atoms with Crippen molar-refractivity contribution in [2.75, 3.05) is 23.3 Å². The number of pyridine rings is 1. The van der Waals surface area contributed by atoms with Crippen molar-refractivity contribution in [1.29, 1.82) is 0 Å². The molecule has 2 aliphatic rings. The molecular formula is C20H21N7O. The number of carbonyl (C=O) groups is 1. The molecular weight excluding hydrogens is 354 g/mol. The van der Waals surface area contributed by atoms with Crippen LogP contribution in [-0.4, -0.2) is 43.7 Å². The van der Waals surface area contributed by atoms with Crippen molar-refractivity contribution in [1.82, 2.24) is 24.7 Å². The number of aryl methyl sites for hydroxylation is 1. The molecule has 1 atom stereocenters. The van der Waals surface area contributed by atoms with Crippen LogP contribution in [0.4, 0.5) is 11.8 Å². The lowest BCUT2D eigenvalue weighted by Crippen LogP contribution is -2.25. The maximum absolute atomic E-state index is 12.4. The molecule has 3 aromatic rings. The fourth-order valence-corrected chi connectivity index (χ4v) is 4.08. The highest BCUT2D eigenvalue weighted by Crippen LogP contribution is 2.42. The monoisotopic (exact) mass is 375 g/mol. The van der Waals surface area contributed by atoms with Crippen LogP contribution in [0, 0.1) is 0 Å². The molecule has 0 aromatic carbocycles. The summed E-state index contributed by atoms with van der Waals surface area (Å²) in [6.45, 7) is 2.01. The normalized spacial score (nSPS) is 18.8. The lowest BCUT2D eigenvalue weighted by atomic mass is 9.86. The molecule has 1 unspecified atom stereocenters. The van der Waals surface area contributed by atoms with E-state index in [1.165, 1.54) is 12.8 Å². The van der Waals surface area contributed by atoms with E-state index >= 15 is 0 Å². The highest BCUT2D eigenvalue weighted by molar-refractivity contribution is 5.96. The molecule has 3 aromatic heterocycles. The third kappa shape index (κ3) is 2.81. The van der Waals surface area contributed by atoms with Crippen LogP contribution >= 0.6 is 0 Å². The fourth-order valence-electron chi connectivity index (χ4n) is 4.08. The summed E-state index contributed by atoms with van der Waals surface area (Å²) in [7, 11) is 1.84. The quantitative estimate of drug-likeness (QED) is 0.756. The number of rotatable bonds is 3. The molecule has 1 fully saturated rings. The molecule has 0 aliphatic carbocycles. The van der Waals surface area contributed by atoms with Gasteiger partial charge in [-0.25, -0.2) is 9.97 Å². The summed E-state index contributed by atoms with van der Waals surface area (Å²) >= 11 is 0. The highest BCUT2D eigenvalue weighted by atomic mass is 16.1. The van der Waals surface area contributed by atoms with Gasteiger partial charge in [0.15, 0.2) is 0 Å². The summed E-state index contributed by atoms with van der Waals surface area (Å²) < 4.78 is 1.72. The summed E-state index contributed by atoms with van der Waals surface area (Å²) in [4.78, 5) is 28.0. The van der Waals surface area contributed by atoms with Crippen LogP contribution in [0.1, 0.15) is 36.3 Å². The van der Waals surface area contributed by atoms with E-state index in [9.17, 15) is 4.79 Å². The molecule has 1 N–H and O–H groups in total. The second-order valence-corrected chi connectivity index (χ2v) is 7.29. The van der Waals surface area contributed by atoms with Crippen LogP contribution in [0.25, 0.3) is 11.3 Å². The largest absolute Gasteiger partial charge is 0.341 e. The number of amides is 1. The minimum absolute atomic E-state index is 0.0261. The van der Waals surface area contributed by atoms with Gasteiger partial charge in [0.05, 0.1) is 5.69 Å². The fraction of sp³-hybridized carbons (Fsp3) is 0.350. The van der Waals surface area contributed by atoms with Crippen molar-refractivity contribution in [3.63, 3.8) is 0 Å². The standard InChI is InChI=1S/C20H21N7O/c1-26-19-17(18(25-26)13-5-4-6-21-10-13)15(9-16(28)24-19)14-11-22-20(23-12-14)27-7-2-3-8-27/h4-6,10-12,15H,2-3,7-9H2,1H3,(H,24,28).